The number of fused-ring (bicyclic) bond motifs is 2. The Bertz CT molecular complexity index is 1690. The minimum absolute atomic E-state index is 0.529. The topological polar surface area (TPSA) is 115 Å². The molecule has 1 fully saturated rings. The fourth-order valence-electron chi connectivity index (χ4n) is 6.69. The van der Waals surface area contributed by atoms with Gasteiger partial charge in [-0.2, -0.15) is 4.98 Å². The zero-order valence-corrected chi connectivity index (χ0v) is 28.8. The molecule has 0 bridgehead atoms. The lowest BCUT2D eigenvalue weighted by atomic mass is 10.1. The zero-order chi connectivity index (χ0) is 33.0. The van der Waals surface area contributed by atoms with Crippen molar-refractivity contribution in [3.8, 4) is 0 Å². The Hall–Kier alpha value is -4.06. The number of hydrogen-bond donors (Lipinski definition) is 4. The van der Waals surface area contributed by atoms with Gasteiger partial charge in [0.05, 0.1) is 18.3 Å². The van der Waals surface area contributed by atoms with E-state index >= 15 is 0 Å². The molecule has 0 spiro atoms. The molecule has 0 aliphatic carbocycles. The highest BCUT2D eigenvalue weighted by Gasteiger charge is 2.21. The summed E-state index contributed by atoms with van der Waals surface area (Å²) >= 11 is 0. The van der Waals surface area contributed by atoms with Crippen molar-refractivity contribution >= 4 is 33.6 Å². The number of aromatic nitrogens is 6. The van der Waals surface area contributed by atoms with Crippen molar-refractivity contribution in [1.29, 1.82) is 0 Å². The van der Waals surface area contributed by atoms with Gasteiger partial charge in [-0.25, -0.2) is 4.98 Å². The molecule has 1 aliphatic heterocycles. The van der Waals surface area contributed by atoms with Crippen LogP contribution in [-0.2, 0) is 19.5 Å². The minimum atomic E-state index is 0.529. The molecule has 48 heavy (non-hydrogen) atoms. The molecule has 6 rings (SSSR count). The molecule has 2 aromatic carbocycles. The lowest BCUT2D eigenvalue weighted by Crippen LogP contribution is -2.47. The van der Waals surface area contributed by atoms with Gasteiger partial charge in [0.2, 0.25) is 5.95 Å². The SMILES string of the molecule is CCCC(CC)NCCCNCCCn1cc(CNc2nc(N3CCN(CCc4c[nH]c5ccccc45)CC3)c3ccccc3n2)nn1. The predicted octanol–water partition coefficient (Wildman–Crippen LogP) is 5.22. The quantitative estimate of drug-likeness (QED) is 0.0893. The van der Waals surface area contributed by atoms with Gasteiger partial charge in [-0.3, -0.25) is 9.58 Å². The monoisotopic (exact) mass is 651 g/mol. The van der Waals surface area contributed by atoms with Crippen LogP contribution in [0.15, 0.2) is 60.9 Å². The van der Waals surface area contributed by atoms with Crippen molar-refractivity contribution in [3.63, 3.8) is 0 Å². The molecule has 4 N–H and O–H groups in total. The van der Waals surface area contributed by atoms with E-state index in [1.165, 1.54) is 35.7 Å². The van der Waals surface area contributed by atoms with Crippen LogP contribution in [0.2, 0.25) is 0 Å². The first-order valence-electron chi connectivity index (χ1n) is 18.1. The summed E-state index contributed by atoms with van der Waals surface area (Å²) in [5.41, 5.74) is 4.44. The van der Waals surface area contributed by atoms with E-state index in [1.807, 2.05) is 16.9 Å². The number of aryl methyl sites for hydroxylation is 1. The zero-order valence-electron chi connectivity index (χ0n) is 28.8. The maximum Gasteiger partial charge on any atom is 0.225 e. The molecule has 1 unspecified atom stereocenters. The molecule has 11 heteroatoms. The number of benzene rings is 2. The van der Waals surface area contributed by atoms with Crippen LogP contribution in [-0.4, -0.2) is 93.2 Å². The summed E-state index contributed by atoms with van der Waals surface area (Å²) in [5, 5.41) is 21.8. The third kappa shape index (κ3) is 9.09. The lowest BCUT2D eigenvalue weighted by molar-refractivity contribution is 0.261. The Morgan fingerprint density at radius 1 is 0.875 bits per heavy atom. The fourth-order valence-corrected chi connectivity index (χ4v) is 6.69. The molecule has 0 saturated carbocycles. The molecule has 1 saturated heterocycles. The molecular weight excluding hydrogens is 598 g/mol. The summed E-state index contributed by atoms with van der Waals surface area (Å²) in [7, 11) is 0. The van der Waals surface area contributed by atoms with Gasteiger partial charge in [-0.15, -0.1) is 5.10 Å². The molecule has 256 valence electrons. The highest BCUT2D eigenvalue weighted by atomic mass is 15.4. The van der Waals surface area contributed by atoms with Gasteiger partial charge < -0.3 is 25.8 Å². The number of nitrogens with one attached hydrogen (secondary N) is 4. The van der Waals surface area contributed by atoms with Crippen molar-refractivity contribution in [3.05, 3.63) is 72.2 Å². The summed E-state index contributed by atoms with van der Waals surface area (Å²) < 4.78 is 1.93. The lowest BCUT2D eigenvalue weighted by Gasteiger charge is -2.36. The van der Waals surface area contributed by atoms with Gasteiger partial charge in [0.1, 0.15) is 11.5 Å². The summed E-state index contributed by atoms with van der Waals surface area (Å²) in [5.74, 6) is 1.62. The van der Waals surface area contributed by atoms with Crippen LogP contribution in [0.25, 0.3) is 21.8 Å². The molecule has 0 radical (unpaired) electrons. The van der Waals surface area contributed by atoms with E-state index in [-0.39, 0.29) is 0 Å². The summed E-state index contributed by atoms with van der Waals surface area (Å²) in [4.78, 5) is 18.2. The van der Waals surface area contributed by atoms with E-state index in [9.17, 15) is 0 Å². The fraction of sp³-hybridized carbons (Fsp3) is 0.514. The van der Waals surface area contributed by atoms with Gasteiger partial charge in [0.25, 0.3) is 0 Å². The summed E-state index contributed by atoms with van der Waals surface area (Å²) in [6.07, 6.45) is 11.1. The average Bonchev–Trinajstić information content (AvgIpc) is 3.77. The maximum absolute atomic E-state index is 5.02. The number of nitrogens with zero attached hydrogens (tertiary/aromatic N) is 7. The van der Waals surface area contributed by atoms with E-state index in [1.54, 1.807) is 0 Å². The third-order valence-corrected chi connectivity index (χ3v) is 9.47. The van der Waals surface area contributed by atoms with Gasteiger partial charge in [-0.05, 0) is 75.5 Å². The number of piperazine rings is 1. The summed E-state index contributed by atoms with van der Waals surface area (Å²) in [6, 6.07) is 17.5. The van der Waals surface area contributed by atoms with Crippen molar-refractivity contribution < 1.29 is 0 Å². The minimum Gasteiger partial charge on any atom is -0.361 e. The first-order chi connectivity index (χ1) is 23.7. The summed E-state index contributed by atoms with van der Waals surface area (Å²) in [6.45, 7) is 13.9. The Morgan fingerprint density at radius 2 is 1.69 bits per heavy atom. The molecule has 0 amide bonds. The van der Waals surface area contributed by atoms with E-state index in [0.717, 1.165) is 101 Å². The largest absolute Gasteiger partial charge is 0.361 e. The molecule has 1 aliphatic rings. The van der Waals surface area contributed by atoms with E-state index in [2.05, 4.69) is 104 Å². The maximum atomic E-state index is 5.02. The number of aromatic amines is 1. The van der Waals surface area contributed by atoms with Gasteiger partial charge in [-0.1, -0.05) is 55.8 Å². The molecule has 1 atom stereocenters. The smallest absolute Gasteiger partial charge is 0.225 e. The molecule has 5 aromatic rings. The number of anilines is 2. The Kier molecular flexibility index (Phi) is 12.2. The predicted molar refractivity (Wildman–Crippen MR) is 197 cm³/mol. The first kappa shape index (κ1) is 33.8. The molecule has 4 heterocycles. The first-order valence-corrected chi connectivity index (χ1v) is 18.1. The number of rotatable bonds is 19. The van der Waals surface area contributed by atoms with Gasteiger partial charge in [0.15, 0.2) is 0 Å². The number of H-pyrrole nitrogens is 1. The number of hydrogen-bond acceptors (Lipinski definition) is 9. The van der Waals surface area contributed by atoms with E-state index in [0.29, 0.717) is 18.5 Å². The van der Waals surface area contributed by atoms with Crippen LogP contribution < -0.4 is 20.9 Å². The van der Waals surface area contributed by atoms with Crippen molar-refractivity contribution in [2.75, 3.05) is 62.6 Å². The second kappa shape index (κ2) is 17.4. The molecular formula is C37H53N11. The average molecular weight is 652 g/mol. The highest BCUT2D eigenvalue weighted by molar-refractivity contribution is 5.90. The second-order valence-electron chi connectivity index (χ2n) is 13.0. The molecule has 11 nitrogen and oxygen atoms in total. The Balaban J connectivity index is 0.952. The van der Waals surface area contributed by atoms with Crippen LogP contribution in [0.3, 0.4) is 0 Å². The van der Waals surface area contributed by atoms with Crippen LogP contribution in [0.1, 0.15) is 57.2 Å². The number of para-hydroxylation sites is 2. The highest BCUT2D eigenvalue weighted by Crippen LogP contribution is 2.27. The van der Waals surface area contributed by atoms with Crippen LogP contribution >= 0.6 is 0 Å². The third-order valence-electron chi connectivity index (χ3n) is 9.47. The molecule has 3 aromatic heterocycles. The van der Waals surface area contributed by atoms with Crippen LogP contribution in [0.4, 0.5) is 11.8 Å². The Morgan fingerprint density at radius 3 is 2.54 bits per heavy atom. The standard InChI is InChI=1S/C37H53N11/c1-3-11-30(4-2)39-19-9-17-38-18-10-20-48-28-31(44-45-48)27-41-37-42-35-15-8-6-13-33(35)36(43-37)47-24-22-46(23-25-47)21-16-29-26-40-34-14-7-5-12-32(29)34/h5-8,12-15,26,28,30,38-40H,3-4,9-11,16-25,27H2,1-2H3,(H,41,42,43). The van der Waals surface area contributed by atoms with Crippen molar-refractivity contribution in [1.82, 2.24) is 45.5 Å². The normalized spacial score (nSPS) is 14.7. The van der Waals surface area contributed by atoms with E-state index < -0.39 is 0 Å². The Labute approximate surface area is 284 Å². The van der Waals surface area contributed by atoms with Crippen LogP contribution in [0.5, 0.6) is 0 Å². The van der Waals surface area contributed by atoms with Gasteiger partial charge in [0, 0.05) is 67.8 Å². The van der Waals surface area contributed by atoms with Crippen LogP contribution in [0, 0.1) is 0 Å². The van der Waals surface area contributed by atoms with Crippen molar-refractivity contribution in [2.45, 2.75) is 71.5 Å². The second-order valence-corrected chi connectivity index (χ2v) is 13.0. The van der Waals surface area contributed by atoms with Crippen molar-refractivity contribution in [2.24, 2.45) is 0 Å². The van der Waals surface area contributed by atoms with Gasteiger partial charge >= 0.3 is 0 Å². The van der Waals surface area contributed by atoms with E-state index in [4.69, 9.17) is 9.97 Å².